The standard InChI is InChI=1S/C37H37NO3/c1-37(2,3)34-22-17-31(18-23-34)26-41-35-7-5-4-6-32(35)19-16-29(24-28-10-12-30(25-38)13-11-28)9-8-27-14-20-33(21-15-27)36(39)40/h4-15,17-18,20-23,29H,16,19,24,26H2,1-3H3,(H,39,40). The number of aryl methyl sites for hydroxylation is 1. The van der Waals surface area contributed by atoms with Crippen molar-refractivity contribution in [3.8, 4) is 11.8 Å². The maximum Gasteiger partial charge on any atom is 0.335 e. The number of carboxylic acid groups (broad SMARTS) is 1. The largest absolute Gasteiger partial charge is 0.489 e. The van der Waals surface area contributed by atoms with Crippen LogP contribution in [0.2, 0.25) is 0 Å². The van der Waals surface area contributed by atoms with Gasteiger partial charge in [0.2, 0.25) is 0 Å². The average molecular weight is 544 g/mol. The van der Waals surface area contributed by atoms with Gasteiger partial charge in [-0.3, -0.25) is 0 Å². The number of nitrogens with zero attached hydrogens (tertiary/aromatic N) is 1. The normalized spacial score (nSPS) is 12.1. The fourth-order valence-electron chi connectivity index (χ4n) is 4.72. The number of benzene rings is 4. The lowest BCUT2D eigenvalue weighted by Crippen LogP contribution is -2.11. The van der Waals surface area contributed by atoms with E-state index in [1.54, 1.807) is 12.1 Å². The van der Waals surface area contributed by atoms with Crippen molar-refractivity contribution in [1.82, 2.24) is 0 Å². The molecule has 4 aromatic rings. The Bertz CT molecular complexity index is 1500. The SMILES string of the molecule is CC(C)(C)c1ccc(COc2ccccc2CCC(C=Cc2ccc(C(=O)O)cc2)Cc2ccc(C#N)cc2)cc1. The van der Waals surface area contributed by atoms with Crippen molar-refractivity contribution < 1.29 is 14.6 Å². The van der Waals surface area contributed by atoms with Gasteiger partial charge in [0, 0.05) is 0 Å². The van der Waals surface area contributed by atoms with Crippen molar-refractivity contribution >= 4 is 12.0 Å². The third kappa shape index (κ3) is 8.68. The lowest BCUT2D eigenvalue weighted by atomic mass is 9.87. The van der Waals surface area contributed by atoms with E-state index >= 15 is 0 Å². The van der Waals surface area contributed by atoms with Crippen LogP contribution < -0.4 is 4.74 Å². The van der Waals surface area contributed by atoms with Crippen LogP contribution in [0.15, 0.2) is 103 Å². The van der Waals surface area contributed by atoms with Gasteiger partial charge in [0.05, 0.1) is 17.2 Å². The molecule has 0 spiro atoms. The first-order chi connectivity index (χ1) is 19.7. The first kappa shape index (κ1) is 29.4. The molecule has 41 heavy (non-hydrogen) atoms. The van der Waals surface area contributed by atoms with Crippen molar-refractivity contribution in [2.24, 2.45) is 5.92 Å². The highest BCUT2D eigenvalue weighted by atomic mass is 16.5. The van der Waals surface area contributed by atoms with Crippen molar-refractivity contribution in [1.29, 1.82) is 5.26 Å². The van der Waals surface area contributed by atoms with E-state index in [9.17, 15) is 9.90 Å². The molecule has 0 fully saturated rings. The third-order valence-corrected chi connectivity index (χ3v) is 7.27. The monoisotopic (exact) mass is 543 g/mol. The quantitative estimate of drug-likeness (QED) is 0.206. The molecule has 1 unspecified atom stereocenters. The number of rotatable bonds is 11. The van der Waals surface area contributed by atoms with Crippen LogP contribution in [-0.2, 0) is 24.9 Å². The van der Waals surface area contributed by atoms with Crippen molar-refractivity contribution in [3.63, 3.8) is 0 Å². The highest BCUT2D eigenvalue weighted by Crippen LogP contribution is 2.26. The fourth-order valence-corrected chi connectivity index (χ4v) is 4.72. The Morgan fingerprint density at radius 3 is 2.20 bits per heavy atom. The lowest BCUT2D eigenvalue weighted by molar-refractivity contribution is 0.0697. The number of para-hydroxylation sites is 1. The van der Waals surface area contributed by atoms with E-state index in [0.717, 1.165) is 36.1 Å². The molecule has 4 heteroatoms. The summed E-state index contributed by atoms with van der Waals surface area (Å²) in [5.41, 5.74) is 6.80. The van der Waals surface area contributed by atoms with Crippen LogP contribution in [0.3, 0.4) is 0 Å². The third-order valence-electron chi connectivity index (χ3n) is 7.27. The molecular formula is C37H37NO3. The maximum absolute atomic E-state index is 11.2. The van der Waals surface area contributed by atoms with Gasteiger partial charge in [-0.2, -0.15) is 5.26 Å². The maximum atomic E-state index is 11.2. The second kappa shape index (κ2) is 13.6. The van der Waals surface area contributed by atoms with Gasteiger partial charge in [-0.15, -0.1) is 0 Å². The zero-order valence-electron chi connectivity index (χ0n) is 24.0. The van der Waals surface area contributed by atoms with Gasteiger partial charge in [-0.25, -0.2) is 4.79 Å². The summed E-state index contributed by atoms with van der Waals surface area (Å²) in [6.45, 7) is 7.16. The number of nitriles is 1. The van der Waals surface area contributed by atoms with Gasteiger partial charge >= 0.3 is 5.97 Å². The van der Waals surface area contributed by atoms with Crippen molar-refractivity contribution in [2.75, 3.05) is 0 Å². The molecule has 0 radical (unpaired) electrons. The summed E-state index contributed by atoms with van der Waals surface area (Å²) in [5, 5.41) is 18.4. The lowest BCUT2D eigenvalue weighted by Gasteiger charge is -2.19. The second-order valence-corrected chi connectivity index (χ2v) is 11.4. The van der Waals surface area contributed by atoms with E-state index < -0.39 is 5.97 Å². The minimum absolute atomic E-state index is 0.122. The van der Waals surface area contributed by atoms with E-state index in [4.69, 9.17) is 10.00 Å². The van der Waals surface area contributed by atoms with Crippen LogP contribution in [-0.4, -0.2) is 11.1 Å². The number of ether oxygens (including phenoxy) is 1. The van der Waals surface area contributed by atoms with E-state index in [-0.39, 0.29) is 16.9 Å². The van der Waals surface area contributed by atoms with E-state index in [0.29, 0.717) is 12.2 Å². The zero-order valence-corrected chi connectivity index (χ0v) is 24.0. The Labute approximate surface area is 243 Å². The number of carboxylic acids is 1. The Balaban J connectivity index is 1.46. The summed E-state index contributed by atoms with van der Waals surface area (Å²) < 4.78 is 6.29. The summed E-state index contributed by atoms with van der Waals surface area (Å²) in [5.74, 6) is 0.208. The molecule has 1 N–H and O–H groups in total. The second-order valence-electron chi connectivity index (χ2n) is 11.4. The van der Waals surface area contributed by atoms with Gasteiger partial charge in [0.1, 0.15) is 12.4 Å². The highest BCUT2D eigenvalue weighted by Gasteiger charge is 2.14. The number of aromatic carboxylic acids is 1. The molecule has 0 heterocycles. The van der Waals surface area contributed by atoms with Crippen LogP contribution in [0.1, 0.15) is 70.9 Å². The van der Waals surface area contributed by atoms with Gasteiger partial charge < -0.3 is 9.84 Å². The molecule has 0 amide bonds. The Hall–Kier alpha value is -4.62. The van der Waals surface area contributed by atoms with E-state index in [1.807, 2.05) is 48.5 Å². The first-order valence-electron chi connectivity index (χ1n) is 14.0. The Kier molecular flexibility index (Phi) is 9.77. The molecule has 4 nitrogen and oxygen atoms in total. The molecule has 208 valence electrons. The summed E-state index contributed by atoms with van der Waals surface area (Å²) in [7, 11) is 0. The molecule has 0 saturated carbocycles. The predicted molar refractivity (Wildman–Crippen MR) is 165 cm³/mol. The topological polar surface area (TPSA) is 70.3 Å². The minimum Gasteiger partial charge on any atom is -0.489 e. The van der Waals surface area contributed by atoms with Crippen LogP contribution in [0.4, 0.5) is 0 Å². The average Bonchev–Trinajstić information content (AvgIpc) is 2.98. The molecule has 0 aromatic heterocycles. The zero-order chi connectivity index (χ0) is 29.2. The van der Waals surface area contributed by atoms with Crippen LogP contribution in [0.25, 0.3) is 6.08 Å². The summed E-state index contributed by atoms with van der Waals surface area (Å²) in [6, 6.07) is 33.7. The predicted octanol–water partition coefficient (Wildman–Crippen LogP) is 8.64. The Morgan fingerprint density at radius 2 is 1.56 bits per heavy atom. The Morgan fingerprint density at radius 1 is 0.902 bits per heavy atom. The molecule has 0 aliphatic rings. The van der Waals surface area contributed by atoms with Gasteiger partial charge in [0.15, 0.2) is 0 Å². The van der Waals surface area contributed by atoms with Crippen LogP contribution >= 0.6 is 0 Å². The van der Waals surface area contributed by atoms with Gasteiger partial charge in [-0.1, -0.05) is 99.7 Å². The summed E-state index contributed by atoms with van der Waals surface area (Å²) >= 11 is 0. The summed E-state index contributed by atoms with van der Waals surface area (Å²) in [4.78, 5) is 11.2. The first-order valence-corrected chi connectivity index (χ1v) is 14.0. The van der Waals surface area contributed by atoms with Gasteiger partial charge in [-0.05, 0) is 88.7 Å². The highest BCUT2D eigenvalue weighted by molar-refractivity contribution is 5.87. The molecule has 4 aromatic carbocycles. The fraction of sp³-hybridized carbons (Fsp3) is 0.243. The molecule has 0 bridgehead atoms. The van der Waals surface area contributed by atoms with E-state index in [1.165, 1.54) is 16.7 Å². The van der Waals surface area contributed by atoms with Crippen molar-refractivity contribution in [3.05, 3.63) is 142 Å². The van der Waals surface area contributed by atoms with Gasteiger partial charge in [0.25, 0.3) is 0 Å². The molecule has 4 rings (SSSR count). The number of hydrogen-bond donors (Lipinski definition) is 1. The minimum atomic E-state index is -0.929. The summed E-state index contributed by atoms with van der Waals surface area (Å²) in [6.07, 6.45) is 6.85. The molecular weight excluding hydrogens is 506 g/mol. The molecule has 0 aliphatic carbocycles. The molecule has 1 atom stereocenters. The number of carbonyl (C=O) groups is 1. The van der Waals surface area contributed by atoms with Crippen LogP contribution in [0.5, 0.6) is 5.75 Å². The van der Waals surface area contributed by atoms with Crippen LogP contribution in [0, 0.1) is 17.2 Å². The smallest absolute Gasteiger partial charge is 0.335 e. The molecule has 0 saturated heterocycles. The number of allylic oxidation sites excluding steroid dienone is 1. The molecule has 0 aliphatic heterocycles. The van der Waals surface area contributed by atoms with E-state index in [2.05, 4.69) is 75.4 Å². The number of hydrogen-bond acceptors (Lipinski definition) is 3. The van der Waals surface area contributed by atoms with Crippen molar-refractivity contribution in [2.45, 2.75) is 52.1 Å².